The molecule has 168 valence electrons. The summed E-state index contributed by atoms with van der Waals surface area (Å²) in [6.07, 6.45) is 9.09. The Morgan fingerprint density at radius 1 is 1.00 bits per heavy atom. The largest absolute Gasteiger partial charge is 0.381 e. The molecule has 0 saturated carbocycles. The Balaban J connectivity index is 0.00000240. The fraction of sp³-hybridized carbons (Fsp3) is 0.955. The number of hydrogen-bond acceptors (Lipinski definition) is 4. The zero-order valence-corrected chi connectivity index (χ0v) is 21.0. The summed E-state index contributed by atoms with van der Waals surface area (Å²) < 4.78 is 5.73. The first-order valence-electron chi connectivity index (χ1n) is 11.7. The van der Waals surface area contributed by atoms with Crippen LogP contribution >= 0.6 is 24.0 Å². The van der Waals surface area contributed by atoms with Crippen LogP contribution in [0.5, 0.6) is 0 Å². The number of nitrogens with zero attached hydrogens (tertiary/aromatic N) is 4. The minimum atomic E-state index is 0. The van der Waals surface area contributed by atoms with Crippen LogP contribution in [0.25, 0.3) is 0 Å². The van der Waals surface area contributed by atoms with Crippen molar-refractivity contribution in [1.82, 2.24) is 20.0 Å². The number of guanidine groups is 1. The van der Waals surface area contributed by atoms with Crippen LogP contribution in [0.3, 0.4) is 0 Å². The Morgan fingerprint density at radius 2 is 1.76 bits per heavy atom. The van der Waals surface area contributed by atoms with Gasteiger partial charge in [0.05, 0.1) is 13.2 Å². The maximum atomic E-state index is 5.73. The van der Waals surface area contributed by atoms with Gasteiger partial charge in [-0.15, -0.1) is 24.0 Å². The van der Waals surface area contributed by atoms with Gasteiger partial charge in [0.1, 0.15) is 0 Å². The number of hydrogen-bond donors (Lipinski definition) is 1. The van der Waals surface area contributed by atoms with Crippen LogP contribution in [-0.2, 0) is 4.74 Å². The molecule has 6 nitrogen and oxygen atoms in total. The summed E-state index contributed by atoms with van der Waals surface area (Å²) in [5.41, 5.74) is 0.649. The molecule has 0 radical (unpaired) electrons. The van der Waals surface area contributed by atoms with Crippen molar-refractivity contribution in [3.8, 4) is 0 Å². The average molecular weight is 520 g/mol. The molecule has 1 spiro atoms. The summed E-state index contributed by atoms with van der Waals surface area (Å²) in [4.78, 5) is 13.1. The third-order valence-corrected chi connectivity index (χ3v) is 7.73. The monoisotopic (exact) mass is 519 g/mol. The number of rotatable bonds is 4. The van der Waals surface area contributed by atoms with Crippen LogP contribution in [0.15, 0.2) is 4.99 Å². The first-order valence-corrected chi connectivity index (χ1v) is 11.7. The first-order chi connectivity index (χ1) is 13.6. The fourth-order valence-corrected chi connectivity index (χ4v) is 5.71. The Morgan fingerprint density at radius 3 is 2.41 bits per heavy atom. The normalized spacial score (nSPS) is 31.2. The van der Waals surface area contributed by atoms with Crippen LogP contribution in [0.1, 0.15) is 51.9 Å². The van der Waals surface area contributed by atoms with Gasteiger partial charge >= 0.3 is 0 Å². The van der Waals surface area contributed by atoms with Gasteiger partial charge in [-0.2, -0.15) is 0 Å². The lowest BCUT2D eigenvalue weighted by molar-refractivity contribution is 0.0206. The van der Waals surface area contributed by atoms with E-state index in [9.17, 15) is 0 Å². The topological polar surface area (TPSA) is 43.3 Å². The van der Waals surface area contributed by atoms with E-state index in [1.165, 1.54) is 71.1 Å². The summed E-state index contributed by atoms with van der Waals surface area (Å²) in [6.45, 7) is 13.1. The van der Waals surface area contributed by atoms with Gasteiger partial charge in [0.15, 0.2) is 5.96 Å². The number of halogens is 1. The number of ether oxygens (including phenoxy) is 1. The average Bonchev–Trinajstić information content (AvgIpc) is 3.37. The molecule has 0 aliphatic carbocycles. The van der Waals surface area contributed by atoms with E-state index in [1.54, 1.807) is 0 Å². The van der Waals surface area contributed by atoms with Crippen LogP contribution < -0.4 is 5.32 Å². The molecule has 7 heteroatoms. The zero-order valence-electron chi connectivity index (χ0n) is 18.6. The highest BCUT2D eigenvalue weighted by Gasteiger charge is 2.43. The summed E-state index contributed by atoms with van der Waals surface area (Å²) >= 11 is 0. The standard InChI is InChI=1S/C22H41N5O.HI/c1-3-23-20(26-15-7-21(18-26)10-16-28-19-21)24-17-22(8-13-25(2)14-9-22)27-11-5-4-6-12-27;/h3-19H2,1-2H3,(H,23,24);1H. The molecule has 0 bridgehead atoms. The number of likely N-dealkylation sites (tertiary alicyclic amines) is 3. The summed E-state index contributed by atoms with van der Waals surface area (Å²) in [5.74, 6) is 1.14. The molecule has 0 amide bonds. The molecule has 4 aliphatic heterocycles. The van der Waals surface area contributed by atoms with Crippen molar-refractivity contribution in [3.05, 3.63) is 0 Å². The predicted octanol–water partition coefficient (Wildman–Crippen LogP) is 2.63. The van der Waals surface area contributed by atoms with E-state index in [0.29, 0.717) is 5.41 Å². The van der Waals surface area contributed by atoms with Crippen molar-refractivity contribution < 1.29 is 4.74 Å². The zero-order chi connectivity index (χ0) is 19.5. The molecule has 29 heavy (non-hydrogen) atoms. The maximum Gasteiger partial charge on any atom is 0.194 e. The van der Waals surface area contributed by atoms with E-state index in [2.05, 4.69) is 34.0 Å². The lowest BCUT2D eigenvalue weighted by Crippen LogP contribution is -2.58. The lowest BCUT2D eigenvalue weighted by Gasteiger charge is -2.49. The lowest BCUT2D eigenvalue weighted by atomic mass is 9.84. The quantitative estimate of drug-likeness (QED) is 0.352. The van der Waals surface area contributed by atoms with Gasteiger partial charge in [0.25, 0.3) is 0 Å². The Kier molecular flexibility index (Phi) is 8.49. The molecule has 0 aromatic rings. The molecule has 4 aliphatic rings. The molecule has 1 N–H and O–H groups in total. The second kappa shape index (κ2) is 10.5. The minimum absolute atomic E-state index is 0. The molecule has 0 aromatic carbocycles. The molecule has 4 saturated heterocycles. The third-order valence-electron chi connectivity index (χ3n) is 7.73. The molecule has 1 unspecified atom stereocenters. The second-order valence-electron chi connectivity index (χ2n) is 9.72. The van der Waals surface area contributed by atoms with Crippen LogP contribution in [-0.4, -0.2) is 98.8 Å². The van der Waals surface area contributed by atoms with Crippen molar-refractivity contribution in [1.29, 1.82) is 0 Å². The molecular formula is C22H42IN5O. The van der Waals surface area contributed by atoms with E-state index in [1.807, 2.05) is 0 Å². The van der Waals surface area contributed by atoms with E-state index < -0.39 is 0 Å². The summed E-state index contributed by atoms with van der Waals surface area (Å²) in [7, 11) is 2.26. The van der Waals surface area contributed by atoms with E-state index >= 15 is 0 Å². The van der Waals surface area contributed by atoms with Gasteiger partial charge in [-0.25, -0.2) is 0 Å². The Labute approximate surface area is 194 Å². The SMILES string of the molecule is CCNC(=NCC1(N2CCCCC2)CCN(C)CC1)N1CCC2(CCOC2)C1.I. The van der Waals surface area contributed by atoms with E-state index in [0.717, 1.165) is 45.4 Å². The molecule has 4 heterocycles. The maximum absolute atomic E-state index is 5.73. The third kappa shape index (κ3) is 5.39. The molecular weight excluding hydrogens is 477 g/mol. The van der Waals surface area contributed by atoms with E-state index in [4.69, 9.17) is 9.73 Å². The van der Waals surface area contributed by atoms with Crippen molar-refractivity contribution >= 4 is 29.9 Å². The smallest absolute Gasteiger partial charge is 0.194 e. The number of piperidine rings is 2. The van der Waals surface area contributed by atoms with Gasteiger partial charge < -0.3 is 19.9 Å². The van der Waals surface area contributed by atoms with Crippen molar-refractivity contribution in [2.45, 2.75) is 57.4 Å². The van der Waals surface area contributed by atoms with Gasteiger partial charge in [-0.05, 0) is 78.7 Å². The Bertz CT molecular complexity index is 537. The van der Waals surface area contributed by atoms with Crippen LogP contribution in [0, 0.1) is 5.41 Å². The molecule has 1 atom stereocenters. The van der Waals surface area contributed by atoms with Crippen LogP contribution in [0.4, 0.5) is 0 Å². The van der Waals surface area contributed by atoms with Gasteiger partial charge in [-0.1, -0.05) is 6.42 Å². The second-order valence-corrected chi connectivity index (χ2v) is 9.72. The molecule has 4 fully saturated rings. The predicted molar refractivity (Wildman–Crippen MR) is 130 cm³/mol. The fourth-order valence-electron chi connectivity index (χ4n) is 5.71. The van der Waals surface area contributed by atoms with Gasteiger partial charge in [0, 0.05) is 37.2 Å². The Hall–Kier alpha value is -0.120. The van der Waals surface area contributed by atoms with Crippen molar-refractivity contribution in [2.75, 3.05) is 72.6 Å². The number of nitrogens with one attached hydrogen (secondary N) is 1. The molecule has 0 aromatic heterocycles. The first kappa shape index (κ1) is 23.5. The van der Waals surface area contributed by atoms with Gasteiger partial charge in [-0.3, -0.25) is 9.89 Å². The highest BCUT2D eigenvalue weighted by atomic mass is 127. The van der Waals surface area contributed by atoms with Crippen molar-refractivity contribution in [2.24, 2.45) is 10.4 Å². The highest BCUT2D eigenvalue weighted by molar-refractivity contribution is 14.0. The summed E-state index contributed by atoms with van der Waals surface area (Å²) in [6, 6.07) is 0. The van der Waals surface area contributed by atoms with Crippen LogP contribution in [0.2, 0.25) is 0 Å². The minimum Gasteiger partial charge on any atom is -0.381 e. The summed E-state index contributed by atoms with van der Waals surface area (Å²) in [5, 5.41) is 3.61. The number of aliphatic imine (C=N–C) groups is 1. The van der Waals surface area contributed by atoms with Gasteiger partial charge in [0.2, 0.25) is 0 Å². The highest BCUT2D eigenvalue weighted by Crippen LogP contribution is 2.38. The molecule has 4 rings (SSSR count). The van der Waals surface area contributed by atoms with Crippen molar-refractivity contribution in [3.63, 3.8) is 0 Å². The van der Waals surface area contributed by atoms with E-state index in [-0.39, 0.29) is 29.5 Å².